The maximum atomic E-state index is 5.83. The third-order valence-corrected chi connectivity index (χ3v) is 4.67. The summed E-state index contributed by atoms with van der Waals surface area (Å²) in [5.74, 6) is 1.48. The van der Waals surface area contributed by atoms with Crippen molar-refractivity contribution in [2.75, 3.05) is 19.0 Å². The van der Waals surface area contributed by atoms with Gasteiger partial charge in [0, 0.05) is 19.2 Å². The van der Waals surface area contributed by atoms with Gasteiger partial charge in [0.25, 0.3) is 0 Å². The summed E-state index contributed by atoms with van der Waals surface area (Å²) < 4.78 is 5.83. The summed E-state index contributed by atoms with van der Waals surface area (Å²) in [6.07, 6.45) is 0.903. The van der Waals surface area contributed by atoms with Gasteiger partial charge in [-0.2, -0.15) is 0 Å². The molecule has 0 radical (unpaired) electrons. The van der Waals surface area contributed by atoms with Crippen LogP contribution in [0.2, 0.25) is 0 Å². The third kappa shape index (κ3) is 4.66. The molecule has 0 aromatic heterocycles. The molecule has 0 aliphatic rings. The lowest BCUT2D eigenvalue weighted by molar-refractivity contribution is 0.322. The van der Waals surface area contributed by atoms with E-state index < -0.39 is 0 Å². The fraction of sp³-hybridized carbons (Fsp3) is 0.250. The van der Waals surface area contributed by atoms with Gasteiger partial charge in [0.05, 0.1) is 6.61 Å². The van der Waals surface area contributed by atoms with E-state index in [9.17, 15) is 0 Å². The zero-order valence-electron chi connectivity index (χ0n) is 15.8. The topological polar surface area (TPSA) is 21.3 Å². The van der Waals surface area contributed by atoms with Crippen molar-refractivity contribution in [2.24, 2.45) is 0 Å². The van der Waals surface area contributed by atoms with E-state index >= 15 is 0 Å². The highest BCUT2D eigenvalue weighted by molar-refractivity contribution is 5.64. The normalized spacial score (nSPS) is 10.8. The molecule has 0 amide bonds. The van der Waals surface area contributed by atoms with E-state index in [0.717, 1.165) is 17.9 Å². The first-order valence-corrected chi connectivity index (χ1v) is 9.25. The van der Waals surface area contributed by atoms with Crippen molar-refractivity contribution in [3.63, 3.8) is 0 Å². The van der Waals surface area contributed by atoms with Crippen LogP contribution in [0.15, 0.2) is 72.8 Å². The second-order valence-corrected chi connectivity index (χ2v) is 6.85. The number of nitrogens with one attached hydrogen (secondary N) is 1. The number of benzene rings is 3. The van der Waals surface area contributed by atoms with Crippen molar-refractivity contribution in [1.29, 1.82) is 0 Å². The summed E-state index contributed by atoms with van der Waals surface area (Å²) in [4.78, 5) is 0. The Morgan fingerprint density at radius 1 is 0.769 bits per heavy atom. The molecule has 0 aliphatic heterocycles. The van der Waals surface area contributed by atoms with Crippen molar-refractivity contribution < 1.29 is 4.74 Å². The van der Waals surface area contributed by atoms with Crippen molar-refractivity contribution in [3.8, 4) is 16.9 Å². The Balaban J connectivity index is 1.55. The quantitative estimate of drug-likeness (QED) is 0.555. The molecule has 0 saturated heterocycles. The molecule has 2 nitrogen and oxygen atoms in total. The predicted octanol–water partition coefficient (Wildman–Crippen LogP) is 6.14. The number of ether oxygens (including phenoxy) is 1. The molecule has 0 fully saturated rings. The zero-order chi connectivity index (χ0) is 18.4. The van der Waals surface area contributed by atoms with Crippen molar-refractivity contribution in [1.82, 2.24) is 0 Å². The highest BCUT2D eigenvalue weighted by atomic mass is 16.5. The van der Waals surface area contributed by atoms with Crippen molar-refractivity contribution in [3.05, 3.63) is 83.9 Å². The number of hydrogen-bond donors (Lipinski definition) is 1. The van der Waals surface area contributed by atoms with Crippen LogP contribution >= 0.6 is 0 Å². The minimum absolute atomic E-state index is 0.570. The SMILES string of the molecule is CNc1ccc(OCCc2ccc(-c3ccc(C(C)C)cc3)cc2)cc1. The van der Waals surface area contributed by atoms with E-state index in [-0.39, 0.29) is 0 Å². The standard InChI is InChI=1S/C24H27NO/c1-18(2)20-8-10-22(11-9-20)21-6-4-19(5-7-21)16-17-26-24-14-12-23(25-3)13-15-24/h4-15,18,25H,16-17H2,1-3H3. The van der Waals surface area contributed by atoms with Gasteiger partial charge < -0.3 is 10.1 Å². The van der Waals surface area contributed by atoms with Gasteiger partial charge in [-0.3, -0.25) is 0 Å². The van der Waals surface area contributed by atoms with E-state index in [1.807, 2.05) is 31.3 Å². The van der Waals surface area contributed by atoms with Crippen LogP contribution in [0, 0.1) is 0 Å². The number of anilines is 1. The summed E-state index contributed by atoms with van der Waals surface area (Å²) >= 11 is 0. The monoisotopic (exact) mass is 345 g/mol. The van der Waals surface area contributed by atoms with Crippen LogP contribution in [0.1, 0.15) is 30.9 Å². The second-order valence-electron chi connectivity index (χ2n) is 6.85. The molecule has 2 heteroatoms. The Kier molecular flexibility index (Phi) is 5.96. The molecular weight excluding hydrogens is 318 g/mol. The molecule has 0 aliphatic carbocycles. The van der Waals surface area contributed by atoms with Gasteiger partial charge in [-0.25, -0.2) is 0 Å². The summed E-state index contributed by atoms with van der Waals surface area (Å²) in [5, 5.41) is 3.11. The van der Waals surface area contributed by atoms with Gasteiger partial charge in [0.15, 0.2) is 0 Å². The maximum absolute atomic E-state index is 5.83. The van der Waals surface area contributed by atoms with Crippen molar-refractivity contribution in [2.45, 2.75) is 26.2 Å². The highest BCUT2D eigenvalue weighted by Crippen LogP contribution is 2.23. The van der Waals surface area contributed by atoms with E-state index in [1.165, 1.54) is 22.3 Å². The molecule has 26 heavy (non-hydrogen) atoms. The highest BCUT2D eigenvalue weighted by Gasteiger charge is 2.02. The number of hydrogen-bond acceptors (Lipinski definition) is 2. The average Bonchev–Trinajstić information content (AvgIpc) is 2.69. The predicted molar refractivity (Wildman–Crippen MR) is 111 cm³/mol. The minimum atomic E-state index is 0.570. The zero-order valence-corrected chi connectivity index (χ0v) is 15.8. The molecule has 1 N–H and O–H groups in total. The smallest absolute Gasteiger partial charge is 0.119 e. The van der Waals surface area contributed by atoms with Crippen LogP contribution in [0.25, 0.3) is 11.1 Å². The van der Waals surface area contributed by atoms with Crippen LogP contribution < -0.4 is 10.1 Å². The maximum Gasteiger partial charge on any atom is 0.119 e. The summed E-state index contributed by atoms with van der Waals surface area (Å²) in [5.41, 5.74) is 6.29. The molecule has 0 saturated carbocycles. The van der Waals surface area contributed by atoms with E-state index in [2.05, 4.69) is 67.7 Å². The first-order chi connectivity index (χ1) is 12.7. The molecule has 0 heterocycles. The summed E-state index contributed by atoms with van der Waals surface area (Å²) in [6, 6.07) is 25.7. The molecule has 3 aromatic rings. The Labute approximate surface area is 156 Å². The molecule has 3 rings (SSSR count). The minimum Gasteiger partial charge on any atom is -0.493 e. The number of rotatable bonds is 7. The van der Waals surface area contributed by atoms with Crippen LogP contribution in [0.4, 0.5) is 5.69 Å². The largest absolute Gasteiger partial charge is 0.493 e. The molecular formula is C24H27NO. The van der Waals surface area contributed by atoms with Crippen LogP contribution in [0.5, 0.6) is 5.75 Å². The lowest BCUT2D eigenvalue weighted by Crippen LogP contribution is -2.01. The molecule has 0 spiro atoms. The van der Waals surface area contributed by atoms with Crippen molar-refractivity contribution >= 4 is 5.69 Å². The van der Waals surface area contributed by atoms with Gasteiger partial charge in [-0.1, -0.05) is 62.4 Å². The van der Waals surface area contributed by atoms with Crippen LogP contribution in [-0.2, 0) is 6.42 Å². The van der Waals surface area contributed by atoms with Gasteiger partial charge in [-0.15, -0.1) is 0 Å². The van der Waals surface area contributed by atoms with Gasteiger partial charge >= 0.3 is 0 Å². The first-order valence-electron chi connectivity index (χ1n) is 9.25. The summed E-state index contributed by atoms with van der Waals surface area (Å²) in [6.45, 7) is 5.13. The Morgan fingerprint density at radius 2 is 1.35 bits per heavy atom. The second kappa shape index (κ2) is 8.57. The van der Waals surface area contributed by atoms with E-state index in [1.54, 1.807) is 0 Å². The molecule has 0 atom stereocenters. The fourth-order valence-corrected chi connectivity index (χ4v) is 2.93. The Hall–Kier alpha value is -2.74. The lowest BCUT2D eigenvalue weighted by atomic mass is 9.98. The molecule has 134 valence electrons. The van der Waals surface area contributed by atoms with Gasteiger partial charge in [0.1, 0.15) is 5.75 Å². The fourth-order valence-electron chi connectivity index (χ4n) is 2.93. The molecule has 0 bridgehead atoms. The average molecular weight is 345 g/mol. The van der Waals surface area contributed by atoms with Crippen LogP contribution in [0.3, 0.4) is 0 Å². The van der Waals surface area contributed by atoms with E-state index in [0.29, 0.717) is 12.5 Å². The Bertz CT molecular complexity index is 802. The summed E-state index contributed by atoms with van der Waals surface area (Å²) in [7, 11) is 1.91. The van der Waals surface area contributed by atoms with Gasteiger partial charge in [-0.05, 0) is 52.4 Å². The Morgan fingerprint density at radius 3 is 1.88 bits per heavy atom. The molecule has 3 aromatic carbocycles. The third-order valence-electron chi connectivity index (χ3n) is 4.67. The van der Waals surface area contributed by atoms with E-state index in [4.69, 9.17) is 4.74 Å². The lowest BCUT2D eigenvalue weighted by Gasteiger charge is -2.09. The first kappa shape index (κ1) is 18.1. The van der Waals surface area contributed by atoms with Crippen LogP contribution in [-0.4, -0.2) is 13.7 Å². The molecule has 0 unspecified atom stereocenters. The van der Waals surface area contributed by atoms with Gasteiger partial charge in [0.2, 0.25) is 0 Å².